The number of rotatable bonds is 7. The molecule has 7 heteroatoms. The third kappa shape index (κ3) is 4.30. The third-order valence-electron chi connectivity index (χ3n) is 5.33. The summed E-state index contributed by atoms with van der Waals surface area (Å²) in [5.41, 5.74) is 3.01. The van der Waals surface area contributed by atoms with Gasteiger partial charge in [0.2, 0.25) is 5.91 Å². The molecule has 0 saturated heterocycles. The van der Waals surface area contributed by atoms with E-state index in [2.05, 4.69) is 22.8 Å². The highest BCUT2D eigenvalue weighted by molar-refractivity contribution is 5.90. The van der Waals surface area contributed by atoms with Gasteiger partial charge in [-0.05, 0) is 42.5 Å². The highest BCUT2D eigenvalue weighted by Crippen LogP contribution is 2.44. The molecule has 0 aromatic heterocycles. The summed E-state index contributed by atoms with van der Waals surface area (Å²) in [5, 5.41) is 14.1. The second-order valence-corrected chi connectivity index (χ2v) is 7.85. The number of aliphatic carboxylic acids is 1. The number of carboxylic acid groups (broad SMARTS) is 1. The highest BCUT2D eigenvalue weighted by Gasteiger charge is 2.33. The Morgan fingerprint density at radius 2 is 1.57 bits per heavy atom. The lowest BCUT2D eigenvalue weighted by Crippen LogP contribution is -2.56. The van der Waals surface area contributed by atoms with Gasteiger partial charge < -0.3 is 20.5 Å². The molecule has 3 N–H and O–H groups in total. The molecule has 2 amide bonds. The number of nitrogens with one attached hydrogen (secondary N) is 2. The molecular weight excluding hydrogens is 384 g/mol. The lowest BCUT2D eigenvalue weighted by atomic mass is 9.98. The largest absolute Gasteiger partial charge is 0.480 e. The molecule has 0 spiro atoms. The predicted octanol–water partition coefficient (Wildman–Crippen LogP) is 3.28. The maximum absolute atomic E-state index is 12.4. The van der Waals surface area contributed by atoms with Crippen molar-refractivity contribution in [2.24, 2.45) is 0 Å². The summed E-state index contributed by atoms with van der Waals surface area (Å²) in [6.45, 7) is 4.63. The fourth-order valence-electron chi connectivity index (χ4n) is 3.58. The second kappa shape index (κ2) is 8.57. The van der Waals surface area contributed by atoms with Gasteiger partial charge in [-0.25, -0.2) is 9.59 Å². The molecule has 0 radical (unpaired) electrons. The molecule has 3 rings (SSSR count). The standard InChI is InChI=1S/C23H26N2O5/c1-4-19(20(26)25-23(2,3)21(27)28)24-22(29)30-13-18-16-11-7-5-9-14(16)15-10-6-8-12-17(15)18/h5-12,18-19H,4,13H2,1-3H3,(H,24,29)(H,25,26)(H,27,28). The molecular formula is C23H26N2O5. The van der Waals surface area contributed by atoms with Gasteiger partial charge in [-0.3, -0.25) is 4.79 Å². The van der Waals surface area contributed by atoms with Crippen LogP contribution in [0.3, 0.4) is 0 Å². The van der Waals surface area contributed by atoms with E-state index in [1.807, 2.05) is 36.4 Å². The summed E-state index contributed by atoms with van der Waals surface area (Å²) in [5.74, 6) is -1.81. The molecule has 1 atom stereocenters. The van der Waals surface area contributed by atoms with Crippen LogP contribution in [0, 0.1) is 0 Å². The van der Waals surface area contributed by atoms with Crippen LogP contribution >= 0.6 is 0 Å². The molecule has 30 heavy (non-hydrogen) atoms. The van der Waals surface area contributed by atoms with E-state index in [0.717, 1.165) is 22.3 Å². The molecule has 1 aliphatic rings. The number of fused-ring (bicyclic) bond motifs is 3. The van der Waals surface area contributed by atoms with Crippen LogP contribution in [0.4, 0.5) is 4.79 Å². The second-order valence-electron chi connectivity index (χ2n) is 7.85. The fourth-order valence-corrected chi connectivity index (χ4v) is 3.58. The Morgan fingerprint density at radius 1 is 1.03 bits per heavy atom. The summed E-state index contributed by atoms with van der Waals surface area (Å²) >= 11 is 0. The zero-order valence-electron chi connectivity index (χ0n) is 17.3. The van der Waals surface area contributed by atoms with Crippen LogP contribution in [-0.2, 0) is 14.3 Å². The minimum Gasteiger partial charge on any atom is -0.480 e. The molecule has 1 unspecified atom stereocenters. The molecule has 2 aromatic carbocycles. The van der Waals surface area contributed by atoms with Crippen molar-refractivity contribution in [3.05, 3.63) is 59.7 Å². The molecule has 1 aliphatic carbocycles. The number of hydrogen-bond donors (Lipinski definition) is 3. The zero-order valence-corrected chi connectivity index (χ0v) is 17.3. The summed E-state index contributed by atoms with van der Waals surface area (Å²) in [4.78, 5) is 36.0. The van der Waals surface area contributed by atoms with Crippen molar-refractivity contribution < 1.29 is 24.2 Å². The van der Waals surface area contributed by atoms with Crippen LogP contribution in [0.5, 0.6) is 0 Å². The summed E-state index contributed by atoms with van der Waals surface area (Å²) in [6, 6.07) is 15.1. The van der Waals surface area contributed by atoms with Gasteiger partial charge in [0.1, 0.15) is 18.2 Å². The smallest absolute Gasteiger partial charge is 0.407 e. The SMILES string of the molecule is CCC(NC(=O)OCC1c2ccccc2-c2ccccc21)C(=O)NC(C)(C)C(=O)O. The number of hydrogen-bond acceptors (Lipinski definition) is 4. The van der Waals surface area contributed by atoms with E-state index in [9.17, 15) is 14.4 Å². The fraction of sp³-hybridized carbons (Fsp3) is 0.348. The van der Waals surface area contributed by atoms with Crippen molar-refractivity contribution in [1.82, 2.24) is 10.6 Å². The number of carbonyl (C=O) groups is 3. The Morgan fingerprint density at radius 3 is 2.07 bits per heavy atom. The van der Waals surface area contributed by atoms with E-state index in [4.69, 9.17) is 9.84 Å². The van der Waals surface area contributed by atoms with E-state index in [-0.39, 0.29) is 12.5 Å². The van der Waals surface area contributed by atoms with Crippen LogP contribution in [0.1, 0.15) is 44.2 Å². The molecule has 2 aromatic rings. The van der Waals surface area contributed by atoms with Crippen molar-refractivity contribution in [3.8, 4) is 11.1 Å². The van der Waals surface area contributed by atoms with Gasteiger partial charge >= 0.3 is 12.1 Å². The maximum Gasteiger partial charge on any atom is 0.407 e. The highest BCUT2D eigenvalue weighted by atomic mass is 16.5. The lowest BCUT2D eigenvalue weighted by Gasteiger charge is -2.25. The van der Waals surface area contributed by atoms with E-state index in [0.29, 0.717) is 6.42 Å². The van der Waals surface area contributed by atoms with Crippen molar-refractivity contribution in [2.75, 3.05) is 6.61 Å². The first-order valence-electron chi connectivity index (χ1n) is 9.91. The van der Waals surface area contributed by atoms with Gasteiger partial charge in [0, 0.05) is 5.92 Å². The topological polar surface area (TPSA) is 105 Å². The Labute approximate surface area is 175 Å². The van der Waals surface area contributed by atoms with Crippen molar-refractivity contribution in [1.29, 1.82) is 0 Å². The van der Waals surface area contributed by atoms with Crippen LogP contribution in [0.25, 0.3) is 11.1 Å². The Balaban J connectivity index is 1.64. The quantitative estimate of drug-likeness (QED) is 0.650. The molecule has 0 saturated carbocycles. The zero-order chi connectivity index (χ0) is 21.9. The number of amides is 2. The predicted molar refractivity (Wildman–Crippen MR) is 112 cm³/mol. The van der Waals surface area contributed by atoms with Crippen molar-refractivity contribution in [3.63, 3.8) is 0 Å². The Kier molecular flexibility index (Phi) is 6.10. The van der Waals surface area contributed by atoms with Crippen LogP contribution < -0.4 is 10.6 Å². The van der Waals surface area contributed by atoms with E-state index in [1.165, 1.54) is 13.8 Å². The molecule has 158 valence electrons. The van der Waals surface area contributed by atoms with Crippen molar-refractivity contribution >= 4 is 18.0 Å². The van der Waals surface area contributed by atoms with Crippen molar-refractivity contribution in [2.45, 2.75) is 44.7 Å². The molecule has 0 bridgehead atoms. The van der Waals surface area contributed by atoms with Crippen LogP contribution in [0.15, 0.2) is 48.5 Å². The minimum atomic E-state index is -1.44. The Bertz CT molecular complexity index is 924. The monoisotopic (exact) mass is 410 g/mol. The van der Waals surface area contributed by atoms with E-state index >= 15 is 0 Å². The first-order chi connectivity index (χ1) is 14.2. The number of carbonyl (C=O) groups excluding carboxylic acids is 2. The van der Waals surface area contributed by atoms with Gasteiger partial charge in [-0.1, -0.05) is 55.5 Å². The molecule has 0 heterocycles. The third-order valence-corrected chi connectivity index (χ3v) is 5.33. The normalized spacial score (nSPS) is 13.7. The van der Waals surface area contributed by atoms with Gasteiger partial charge in [0.25, 0.3) is 0 Å². The summed E-state index contributed by atoms with van der Waals surface area (Å²) in [6.07, 6.45) is -0.418. The first-order valence-corrected chi connectivity index (χ1v) is 9.91. The van der Waals surface area contributed by atoms with Gasteiger partial charge in [0.05, 0.1) is 0 Å². The van der Waals surface area contributed by atoms with Gasteiger partial charge in [-0.2, -0.15) is 0 Å². The number of alkyl carbamates (subject to hydrolysis) is 1. The molecule has 7 nitrogen and oxygen atoms in total. The van der Waals surface area contributed by atoms with E-state index in [1.54, 1.807) is 6.92 Å². The van der Waals surface area contributed by atoms with Gasteiger partial charge in [0.15, 0.2) is 0 Å². The van der Waals surface area contributed by atoms with Crippen LogP contribution in [0.2, 0.25) is 0 Å². The number of benzene rings is 2. The average Bonchev–Trinajstić information content (AvgIpc) is 3.04. The molecule has 0 aliphatic heterocycles. The lowest BCUT2D eigenvalue weighted by molar-refractivity contribution is -0.146. The summed E-state index contributed by atoms with van der Waals surface area (Å²) in [7, 11) is 0. The Hall–Kier alpha value is -3.35. The summed E-state index contributed by atoms with van der Waals surface area (Å²) < 4.78 is 5.45. The van der Waals surface area contributed by atoms with Gasteiger partial charge in [-0.15, -0.1) is 0 Å². The number of ether oxygens (including phenoxy) is 1. The van der Waals surface area contributed by atoms with Crippen LogP contribution in [-0.4, -0.2) is 41.3 Å². The maximum atomic E-state index is 12.4. The average molecular weight is 410 g/mol. The number of carboxylic acids is 1. The molecule has 0 fully saturated rings. The minimum absolute atomic E-state index is 0.0806. The first kappa shape index (κ1) is 21.4. The van der Waals surface area contributed by atoms with E-state index < -0.39 is 29.6 Å².